The summed E-state index contributed by atoms with van der Waals surface area (Å²) in [6.45, 7) is 2.51. The van der Waals surface area contributed by atoms with Crippen LogP contribution in [0.25, 0.3) is 0 Å². The number of nitrogens with zero attached hydrogens (tertiary/aromatic N) is 1. The van der Waals surface area contributed by atoms with Crippen molar-refractivity contribution >= 4 is 46.6 Å². The van der Waals surface area contributed by atoms with Crippen LogP contribution in [-0.2, 0) is 19.1 Å². The number of carbonyl (C=O) groups excluding carboxylic acids is 3. The van der Waals surface area contributed by atoms with Gasteiger partial charge in [-0.25, -0.2) is 0 Å². The Kier molecular flexibility index (Phi) is 6.85. The molecule has 1 aromatic rings. The van der Waals surface area contributed by atoms with Crippen LogP contribution in [0, 0.1) is 11.8 Å². The Bertz CT molecular complexity index is 1060. The highest BCUT2D eigenvalue weighted by atomic mass is 35.5. The lowest BCUT2D eigenvalue weighted by atomic mass is 9.74. The highest BCUT2D eigenvalue weighted by molar-refractivity contribution is 6.42. The number of ether oxygens (including phenoxy) is 1. The SMILES string of the molecule is CCCCN1C(=O)[C@@H]2[C@H](C(=O)Nc3ccc(Cl)c(Cl)c3)[C@@H]3C=C[C@@]2(O3)[C@H]1C(=O)NC1CCCCC1. The second-order valence-electron chi connectivity index (χ2n) is 10.0. The molecule has 2 N–H and O–H groups in total. The van der Waals surface area contributed by atoms with E-state index < -0.39 is 29.6 Å². The molecule has 5 atom stereocenters. The number of amides is 3. The van der Waals surface area contributed by atoms with E-state index in [0.29, 0.717) is 22.3 Å². The van der Waals surface area contributed by atoms with Gasteiger partial charge in [0.05, 0.1) is 28.0 Å². The third-order valence-electron chi connectivity index (χ3n) is 7.82. The first-order valence-electron chi connectivity index (χ1n) is 12.6. The van der Waals surface area contributed by atoms with Crippen molar-refractivity contribution in [2.24, 2.45) is 11.8 Å². The molecule has 9 heteroatoms. The van der Waals surface area contributed by atoms with E-state index in [0.717, 1.165) is 38.5 Å². The molecule has 1 saturated carbocycles. The largest absolute Gasteiger partial charge is 0.359 e. The second-order valence-corrected chi connectivity index (χ2v) is 10.9. The van der Waals surface area contributed by atoms with Crippen LogP contribution < -0.4 is 10.6 Å². The number of hydrogen-bond acceptors (Lipinski definition) is 4. The molecule has 5 rings (SSSR count). The molecule has 188 valence electrons. The summed E-state index contributed by atoms with van der Waals surface area (Å²) in [5.41, 5.74) is -0.640. The third-order valence-corrected chi connectivity index (χ3v) is 8.56. The van der Waals surface area contributed by atoms with Gasteiger partial charge in [-0.1, -0.05) is 68.0 Å². The zero-order valence-electron chi connectivity index (χ0n) is 19.8. The normalized spacial score (nSPS) is 31.6. The molecule has 2 saturated heterocycles. The van der Waals surface area contributed by atoms with Crippen molar-refractivity contribution in [1.82, 2.24) is 10.2 Å². The van der Waals surface area contributed by atoms with Gasteiger partial charge in [0.15, 0.2) is 0 Å². The number of benzene rings is 1. The average molecular weight is 520 g/mol. The van der Waals surface area contributed by atoms with Gasteiger partial charge in [0.2, 0.25) is 17.7 Å². The smallest absolute Gasteiger partial charge is 0.246 e. The number of unbranched alkanes of at least 4 members (excludes halogenated alkanes) is 1. The van der Waals surface area contributed by atoms with Crippen molar-refractivity contribution in [3.63, 3.8) is 0 Å². The maximum absolute atomic E-state index is 13.8. The van der Waals surface area contributed by atoms with Crippen LogP contribution in [0.5, 0.6) is 0 Å². The van der Waals surface area contributed by atoms with Gasteiger partial charge in [-0.3, -0.25) is 14.4 Å². The van der Waals surface area contributed by atoms with Crippen molar-refractivity contribution in [3.05, 3.63) is 40.4 Å². The molecule has 3 heterocycles. The Hall–Kier alpha value is -2.09. The number of halogens is 2. The molecule has 4 aliphatic rings. The maximum Gasteiger partial charge on any atom is 0.246 e. The minimum Gasteiger partial charge on any atom is -0.359 e. The van der Waals surface area contributed by atoms with Crippen molar-refractivity contribution < 1.29 is 19.1 Å². The Morgan fingerprint density at radius 2 is 1.91 bits per heavy atom. The lowest BCUT2D eigenvalue weighted by molar-refractivity contribution is -0.141. The molecule has 2 bridgehead atoms. The number of likely N-dealkylation sites (tertiary alicyclic amines) is 1. The van der Waals surface area contributed by atoms with Gasteiger partial charge in [0.1, 0.15) is 11.6 Å². The summed E-state index contributed by atoms with van der Waals surface area (Å²) >= 11 is 12.1. The number of nitrogens with one attached hydrogen (secondary N) is 2. The molecule has 1 aromatic carbocycles. The highest BCUT2D eigenvalue weighted by Gasteiger charge is 2.72. The van der Waals surface area contributed by atoms with Crippen molar-refractivity contribution in [2.75, 3.05) is 11.9 Å². The first kappa shape index (κ1) is 24.6. The molecule has 1 aliphatic carbocycles. The number of fused-ring (bicyclic) bond motifs is 1. The van der Waals surface area contributed by atoms with E-state index in [4.69, 9.17) is 27.9 Å². The van der Waals surface area contributed by atoms with E-state index in [1.807, 2.05) is 19.1 Å². The fraction of sp³-hybridized carbons (Fsp3) is 0.577. The van der Waals surface area contributed by atoms with Gasteiger partial charge in [0, 0.05) is 18.3 Å². The summed E-state index contributed by atoms with van der Waals surface area (Å²) in [4.78, 5) is 42.5. The van der Waals surface area contributed by atoms with Gasteiger partial charge in [-0.05, 0) is 37.5 Å². The van der Waals surface area contributed by atoms with Crippen molar-refractivity contribution in [1.29, 1.82) is 0 Å². The predicted octanol–water partition coefficient (Wildman–Crippen LogP) is 4.33. The Labute approximate surface area is 215 Å². The fourth-order valence-electron chi connectivity index (χ4n) is 6.16. The summed E-state index contributed by atoms with van der Waals surface area (Å²) in [6, 6.07) is 4.18. The summed E-state index contributed by atoms with van der Waals surface area (Å²) in [6.07, 6.45) is 10.0. The van der Waals surface area contributed by atoms with E-state index in [1.54, 1.807) is 23.1 Å². The van der Waals surface area contributed by atoms with Gasteiger partial charge in [-0.15, -0.1) is 0 Å². The Balaban J connectivity index is 1.42. The van der Waals surface area contributed by atoms with Crippen molar-refractivity contribution in [2.45, 2.75) is 75.7 Å². The number of rotatable bonds is 7. The van der Waals surface area contributed by atoms with E-state index >= 15 is 0 Å². The van der Waals surface area contributed by atoms with Crippen LogP contribution in [0.15, 0.2) is 30.4 Å². The zero-order valence-corrected chi connectivity index (χ0v) is 21.3. The first-order chi connectivity index (χ1) is 16.9. The molecule has 0 aromatic heterocycles. The van der Waals surface area contributed by atoms with E-state index in [1.165, 1.54) is 6.42 Å². The van der Waals surface area contributed by atoms with Crippen LogP contribution in [0.4, 0.5) is 5.69 Å². The minimum absolute atomic E-state index is 0.117. The van der Waals surface area contributed by atoms with Gasteiger partial charge in [-0.2, -0.15) is 0 Å². The standard InChI is InChI=1S/C26H31Cl2N3O4/c1-2-3-13-31-22(24(33)29-15-7-5-4-6-8-15)26-12-11-19(35-26)20(21(26)25(31)34)23(32)30-16-9-10-17(27)18(28)14-16/h9-12,14-15,19-22H,2-8,13H2,1H3,(H,29,33)(H,30,32)/t19-,20+,21-,22+,26-/m0/s1. The number of hydrogen-bond donors (Lipinski definition) is 2. The van der Waals surface area contributed by atoms with Gasteiger partial charge >= 0.3 is 0 Å². The van der Waals surface area contributed by atoms with E-state index in [2.05, 4.69) is 10.6 Å². The summed E-state index contributed by atoms with van der Waals surface area (Å²) in [7, 11) is 0. The molecule has 3 amide bonds. The summed E-state index contributed by atoms with van der Waals surface area (Å²) < 4.78 is 6.36. The second kappa shape index (κ2) is 9.75. The molecule has 7 nitrogen and oxygen atoms in total. The molecule has 0 radical (unpaired) electrons. The monoisotopic (exact) mass is 519 g/mol. The van der Waals surface area contributed by atoms with Gasteiger partial charge in [0.25, 0.3) is 0 Å². The van der Waals surface area contributed by atoms with Crippen LogP contribution in [0.3, 0.4) is 0 Å². The fourth-order valence-corrected chi connectivity index (χ4v) is 6.46. The predicted molar refractivity (Wildman–Crippen MR) is 134 cm³/mol. The zero-order chi connectivity index (χ0) is 24.7. The van der Waals surface area contributed by atoms with E-state index in [9.17, 15) is 14.4 Å². The quantitative estimate of drug-likeness (QED) is 0.524. The Morgan fingerprint density at radius 3 is 2.63 bits per heavy atom. The van der Waals surface area contributed by atoms with Crippen LogP contribution >= 0.6 is 23.2 Å². The topological polar surface area (TPSA) is 87.7 Å². The molecular weight excluding hydrogens is 489 g/mol. The molecule has 35 heavy (non-hydrogen) atoms. The lowest BCUT2D eigenvalue weighted by Crippen LogP contribution is -2.56. The molecule has 1 spiro atoms. The Morgan fingerprint density at radius 1 is 1.14 bits per heavy atom. The van der Waals surface area contributed by atoms with Crippen LogP contribution in [0.2, 0.25) is 10.0 Å². The van der Waals surface area contributed by atoms with Crippen LogP contribution in [0.1, 0.15) is 51.9 Å². The minimum atomic E-state index is -1.13. The van der Waals surface area contributed by atoms with E-state index in [-0.39, 0.29) is 23.8 Å². The summed E-state index contributed by atoms with van der Waals surface area (Å²) in [5.74, 6) is -2.19. The lowest BCUT2D eigenvalue weighted by Gasteiger charge is -2.34. The molecule has 3 aliphatic heterocycles. The number of anilines is 1. The number of carbonyl (C=O) groups is 3. The molecule has 3 fully saturated rings. The van der Waals surface area contributed by atoms with Crippen molar-refractivity contribution in [3.8, 4) is 0 Å². The third kappa shape index (κ3) is 4.25. The summed E-state index contributed by atoms with van der Waals surface area (Å²) in [5, 5.41) is 6.78. The van der Waals surface area contributed by atoms with Gasteiger partial charge < -0.3 is 20.3 Å². The first-order valence-corrected chi connectivity index (χ1v) is 13.3. The average Bonchev–Trinajstić information content (AvgIpc) is 3.48. The molecular formula is C26H31Cl2N3O4. The highest BCUT2D eigenvalue weighted by Crippen LogP contribution is 2.55. The maximum atomic E-state index is 13.8. The van der Waals surface area contributed by atoms with Crippen LogP contribution in [-0.4, -0.2) is 53.0 Å². The molecule has 0 unspecified atom stereocenters.